The topological polar surface area (TPSA) is 107 Å². The van der Waals surface area contributed by atoms with Gasteiger partial charge in [-0.25, -0.2) is 0 Å². The maximum atomic E-state index is 12.2. The maximum Gasteiger partial charge on any atom is 0.273 e. The maximum absolute atomic E-state index is 12.2. The third-order valence-corrected chi connectivity index (χ3v) is 4.55. The monoisotopic (exact) mass is 340 g/mol. The average Bonchev–Trinajstić information content (AvgIpc) is 3.00. The van der Waals surface area contributed by atoms with Gasteiger partial charge in [0.15, 0.2) is 4.34 Å². The molecule has 22 heavy (non-hydrogen) atoms. The third kappa shape index (κ3) is 3.92. The number of ether oxygens (including phenoxy) is 1. The lowest BCUT2D eigenvalue weighted by molar-refractivity contribution is -0.384. The van der Waals surface area contributed by atoms with E-state index < -0.39 is 10.2 Å². The molecular weight excluding hydrogens is 328 g/mol. The first-order valence-corrected chi connectivity index (χ1v) is 7.83. The van der Waals surface area contributed by atoms with Crippen molar-refractivity contribution >= 4 is 40.4 Å². The molecule has 8 nitrogen and oxygen atoms in total. The van der Waals surface area contributed by atoms with Crippen molar-refractivity contribution in [1.82, 2.24) is 10.2 Å². The van der Waals surface area contributed by atoms with Gasteiger partial charge >= 0.3 is 0 Å². The smallest absolute Gasteiger partial charge is 0.273 e. The van der Waals surface area contributed by atoms with E-state index in [4.69, 9.17) is 4.74 Å². The van der Waals surface area contributed by atoms with Crippen molar-refractivity contribution < 1.29 is 14.5 Å². The average molecular weight is 340 g/mol. The lowest BCUT2D eigenvalue weighted by Gasteiger charge is -2.13. The highest BCUT2D eigenvalue weighted by molar-refractivity contribution is 8.02. The number of aromatic nitrogens is 2. The highest BCUT2D eigenvalue weighted by Crippen LogP contribution is 2.30. The number of nitrogens with zero attached hydrogens (tertiary/aromatic N) is 3. The molecule has 2 aromatic rings. The molecule has 1 heterocycles. The Morgan fingerprint density at radius 1 is 1.55 bits per heavy atom. The van der Waals surface area contributed by atoms with Gasteiger partial charge in [-0.3, -0.25) is 14.9 Å². The van der Waals surface area contributed by atoms with Gasteiger partial charge in [0, 0.05) is 6.07 Å². The second kappa shape index (κ2) is 7.18. The minimum Gasteiger partial charge on any atom is -0.494 e. The van der Waals surface area contributed by atoms with E-state index in [9.17, 15) is 14.9 Å². The van der Waals surface area contributed by atoms with E-state index in [2.05, 4.69) is 15.5 Å². The Labute approximate surface area is 134 Å². The largest absolute Gasteiger partial charge is 0.494 e. The minimum absolute atomic E-state index is 0.105. The summed E-state index contributed by atoms with van der Waals surface area (Å²) >= 11 is 2.63. The number of methoxy groups -OCH3 is 1. The normalized spacial score (nSPS) is 11.7. The summed E-state index contributed by atoms with van der Waals surface area (Å²) in [4.78, 5) is 22.4. The molecule has 116 valence electrons. The summed E-state index contributed by atoms with van der Waals surface area (Å²) < 4.78 is 5.77. The van der Waals surface area contributed by atoms with Crippen molar-refractivity contribution in [2.24, 2.45) is 0 Å². The molecule has 2 rings (SSSR count). The quantitative estimate of drug-likeness (QED) is 0.489. The Morgan fingerprint density at radius 2 is 2.32 bits per heavy atom. The van der Waals surface area contributed by atoms with Crippen LogP contribution in [0.5, 0.6) is 5.75 Å². The van der Waals surface area contributed by atoms with Gasteiger partial charge in [-0.05, 0) is 13.0 Å². The number of anilines is 1. The van der Waals surface area contributed by atoms with Crippen molar-refractivity contribution in [3.05, 3.63) is 33.8 Å². The molecule has 0 bridgehead atoms. The Balaban J connectivity index is 2.09. The third-order valence-electron chi connectivity index (χ3n) is 2.64. The Morgan fingerprint density at radius 3 is 2.91 bits per heavy atom. The van der Waals surface area contributed by atoms with Gasteiger partial charge in [0.1, 0.15) is 11.3 Å². The lowest BCUT2D eigenvalue weighted by Crippen LogP contribution is -2.22. The molecule has 0 aliphatic rings. The van der Waals surface area contributed by atoms with Gasteiger partial charge in [-0.1, -0.05) is 23.1 Å². The number of non-ortho nitro benzene ring substituents is 1. The van der Waals surface area contributed by atoms with Crippen LogP contribution in [0.3, 0.4) is 0 Å². The van der Waals surface area contributed by atoms with Gasteiger partial charge in [-0.15, -0.1) is 10.2 Å². The van der Waals surface area contributed by atoms with Gasteiger partial charge in [0.2, 0.25) is 5.91 Å². The fourth-order valence-corrected chi connectivity index (χ4v) is 3.18. The number of hydrogen-bond donors (Lipinski definition) is 1. The number of benzene rings is 1. The molecule has 0 aliphatic heterocycles. The van der Waals surface area contributed by atoms with Gasteiger partial charge < -0.3 is 10.1 Å². The zero-order chi connectivity index (χ0) is 16.1. The molecule has 0 aliphatic carbocycles. The fraction of sp³-hybridized carbons (Fsp3) is 0.250. The van der Waals surface area contributed by atoms with Crippen molar-refractivity contribution in [3.8, 4) is 5.75 Å². The molecule has 0 radical (unpaired) electrons. The Hall–Kier alpha value is -2.20. The van der Waals surface area contributed by atoms with E-state index in [1.807, 2.05) is 0 Å². The standard InChI is InChI=1S/C12H12N4O4S2/c1-7(22-12-15-13-6-21-12)11(17)14-9-4-3-8(16(18)19)5-10(9)20-2/h3-7H,1-2H3,(H,14,17)/t7-/m1/s1. The van der Waals surface area contributed by atoms with Crippen LogP contribution in [0.1, 0.15) is 6.92 Å². The first kappa shape index (κ1) is 16.2. The van der Waals surface area contributed by atoms with Crippen LogP contribution in [-0.2, 0) is 4.79 Å². The van der Waals surface area contributed by atoms with E-state index in [1.54, 1.807) is 12.4 Å². The van der Waals surface area contributed by atoms with Gasteiger partial charge in [0.05, 0.1) is 29.0 Å². The van der Waals surface area contributed by atoms with Crippen molar-refractivity contribution in [2.75, 3.05) is 12.4 Å². The number of thioether (sulfide) groups is 1. The van der Waals surface area contributed by atoms with E-state index in [-0.39, 0.29) is 17.3 Å². The predicted octanol–water partition coefficient (Wildman–Crippen LogP) is 2.57. The zero-order valence-corrected chi connectivity index (χ0v) is 13.3. The summed E-state index contributed by atoms with van der Waals surface area (Å²) in [7, 11) is 1.38. The fourth-order valence-electron chi connectivity index (χ4n) is 1.55. The number of carbonyl (C=O) groups excluding carboxylic acids is 1. The molecule has 0 unspecified atom stereocenters. The Bertz CT molecular complexity index is 678. The van der Waals surface area contributed by atoms with Crippen LogP contribution < -0.4 is 10.1 Å². The van der Waals surface area contributed by atoms with E-state index in [0.717, 1.165) is 0 Å². The second-order valence-electron chi connectivity index (χ2n) is 4.10. The first-order valence-electron chi connectivity index (χ1n) is 6.07. The van der Waals surface area contributed by atoms with Crippen LogP contribution in [0.25, 0.3) is 0 Å². The first-order chi connectivity index (χ1) is 10.5. The number of carbonyl (C=O) groups is 1. The zero-order valence-electron chi connectivity index (χ0n) is 11.7. The number of rotatable bonds is 6. The summed E-state index contributed by atoms with van der Waals surface area (Å²) in [6.45, 7) is 1.74. The highest BCUT2D eigenvalue weighted by atomic mass is 32.2. The molecule has 10 heteroatoms. The van der Waals surface area contributed by atoms with Crippen LogP contribution in [0.15, 0.2) is 28.0 Å². The van der Waals surface area contributed by atoms with Gasteiger partial charge in [0.25, 0.3) is 5.69 Å². The summed E-state index contributed by atoms with van der Waals surface area (Å²) in [5.74, 6) is -0.0250. The molecule has 1 amide bonds. The molecule has 1 aromatic heterocycles. The predicted molar refractivity (Wildman–Crippen MR) is 83.5 cm³/mol. The van der Waals surface area contributed by atoms with E-state index >= 15 is 0 Å². The van der Waals surface area contributed by atoms with Crippen LogP contribution in [0, 0.1) is 10.1 Å². The SMILES string of the molecule is COc1cc([N+](=O)[O-])ccc1NC(=O)[C@@H](C)Sc1nncs1. The summed E-state index contributed by atoms with van der Waals surface area (Å²) in [5.41, 5.74) is 1.86. The van der Waals surface area contributed by atoms with Gasteiger partial charge in [-0.2, -0.15) is 0 Å². The van der Waals surface area contributed by atoms with E-state index in [0.29, 0.717) is 10.0 Å². The van der Waals surface area contributed by atoms with E-state index in [1.165, 1.54) is 48.4 Å². The molecule has 1 N–H and O–H groups in total. The number of nitrogens with one attached hydrogen (secondary N) is 1. The summed E-state index contributed by atoms with van der Waals surface area (Å²) in [6, 6.07) is 4.01. The van der Waals surface area contributed by atoms with Crippen molar-refractivity contribution in [1.29, 1.82) is 0 Å². The van der Waals surface area contributed by atoms with Crippen LogP contribution in [0.2, 0.25) is 0 Å². The number of hydrogen-bond acceptors (Lipinski definition) is 8. The minimum atomic E-state index is -0.526. The molecule has 0 saturated heterocycles. The molecule has 1 atom stereocenters. The highest BCUT2D eigenvalue weighted by Gasteiger charge is 2.19. The van der Waals surface area contributed by atoms with Crippen molar-refractivity contribution in [3.63, 3.8) is 0 Å². The Kier molecular flexibility index (Phi) is 5.28. The number of nitro groups is 1. The molecule has 1 aromatic carbocycles. The summed E-state index contributed by atoms with van der Waals surface area (Å²) in [5, 5.41) is 20.6. The van der Waals surface area contributed by atoms with Crippen LogP contribution in [0.4, 0.5) is 11.4 Å². The molecule has 0 spiro atoms. The number of amides is 1. The second-order valence-corrected chi connectivity index (χ2v) is 6.52. The summed E-state index contributed by atoms with van der Waals surface area (Å²) in [6.07, 6.45) is 0. The van der Waals surface area contributed by atoms with Crippen LogP contribution in [-0.4, -0.2) is 33.4 Å². The molecular formula is C12H12N4O4S2. The van der Waals surface area contributed by atoms with Crippen molar-refractivity contribution in [2.45, 2.75) is 16.5 Å². The molecule has 0 saturated carbocycles. The lowest BCUT2D eigenvalue weighted by atomic mass is 10.2. The molecule has 0 fully saturated rings. The number of nitro benzene ring substituents is 1. The van der Waals surface area contributed by atoms with Crippen LogP contribution >= 0.6 is 23.1 Å².